The van der Waals surface area contributed by atoms with Crippen molar-refractivity contribution in [2.24, 2.45) is 0 Å². The number of rotatable bonds is 2. The van der Waals surface area contributed by atoms with Gasteiger partial charge in [0.1, 0.15) is 5.82 Å². The summed E-state index contributed by atoms with van der Waals surface area (Å²) in [6.07, 6.45) is 0. The van der Waals surface area contributed by atoms with Crippen molar-refractivity contribution in [2.75, 3.05) is 11.1 Å². The van der Waals surface area contributed by atoms with Crippen LogP contribution >= 0.6 is 43.5 Å². The zero-order valence-corrected chi connectivity index (χ0v) is 13.8. The van der Waals surface area contributed by atoms with Crippen molar-refractivity contribution in [2.45, 2.75) is 0 Å². The number of nitrogens with two attached hydrogens (primary N) is 1. The second kappa shape index (κ2) is 6.11. The van der Waals surface area contributed by atoms with Crippen LogP contribution < -0.4 is 11.1 Å². The van der Waals surface area contributed by atoms with Crippen molar-refractivity contribution in [3.63, 3.8) is 0 Å². The highest BCUT2D eigenvalue weighted by molar-refractivity contribution is 9.11. The number of carbonyl (C=O) groups is 1. The molecule has 0 saturated carbocycles. The zero-order valence-electron chi connectivity index (χ0n) is 9.88. The molecule has 0 spiro atoms. The SMILES string of the molecule is Nc1ccc(Br)c(C(=O)Nc2c(Cl)cc(F)cc2Br)c1. The summed E-state index contributed by atoms with van der Waals surface area (Å²) in [5.74, 6) is -0.900. The summed E-state index contributed by atoms with van der Waals surface area (Å²) in [6, 6.07) is 7.21. The predicted octanol–water partition coefficient (Wildman–Crippen LogP) is 4.84. The van der Waals surface area contributed by atoms with Crippen LogP contribution in [-0.2, 0) is 0 Å². The van der Waals surface area contributed by atoms with Gasteiger partial charge in [0.2, 0.25) is 0 Å². The number of amides is 1. The Labute approximate surface area is 136 Å². The van der Waals surface area contributed by atoms with Gasteiger partial charge < -0.3 is 11.1 Å². The maximum atomic E-state index is 13.1. The van der Waals surface area contributed by atoms with Crippen molar-refractivity contribution in [3.8, 4) is 0 Å². The summed E-state index contributed by atoms with van der Waals surface area (Å²) in [5, 5.41) is 2.72. The van der Waals surface area contributed by atoms with Crippen molar-refractivity contribution >= 4 is 60.7 Å². The van der Waals surface area contributed by atoms with Gasteiger partial charge in [-0.3, -0.25) is 4.79 Å². The molecule has 0 aliphatic heterocycles. The molecule has 0 aromatic heterocycles. The molecule has 0 aliphatic rings. The van der Waals surface area contributed by atoms with Crippen LogP contribution in [0.25, 0.3) is 0 Å². The lowest BCUT2D eigenvalue weighted by atomic mass is 10.2. The fourth-order valence-corrected chi connectivity index (χ4v) is 2.88. The fraction of sp³-hybridized carbons (Fsp3) is 0. The number of nitrogens with one attached hydrogen (secondary N) is 1. The summed E-state index contributed by atoms with van der Waals surface area (Å²) in [6.45, 7) is 0. The van der Waals surface area contributed by atoms with E-state index in [-0.39, 0.29) is 5.02 Å². The van der Waals surface area contributed by atoms with Gasteiger partial charge in [0, 0.05) is 14.6 Å². The molecule has 0 fully saturated rings. The summed E-state index contributed by atoms with van der Waals surface area (Å²) >= 11 is 12.3. The molecule has 2 rings (SSSR count). The number of anilines is 2. The maximum Gasteiger partial charge on any atom is 0.256 e. The van der Waals surface area contributed by atoms with Crippen molar-refractivity contribution in [1.82, 2.24) is 0 Å². The van der Waals surface area contributed by atoms with Gasteiger partial charge in [-0.2, -0.15) is 0 Å². The number of nitrogen functional groups attached to an aromatic ring is 1. The first-order chi connectivity index (χ1) is 9.38. The number of carbonyl (C=O) groups excluding carboxylic acids is 1. The molecule has 0 atom stereocenters. The quantitative estimate of drug-likeness (QED) is 0.681. The Morgan fingerprint density at radius 3 is 2.55 bits per heavy atom. The second-order valence-electron chi connectivity index (χ2n) is 3.94. The van der Waals surface area contributed by atoms with Crippen LogP contribution in [0.4, 0.5) is 15.8 Å². The highest BCUT2D eigenvalue weighted by atomic mass is 79.9. The Morgan fingerprint density at radius 1 is 1.20 bits per heavy atom. The molecule has 2 aromatic carbocycles. The standard InChI is InChI=1S/C13H8Br2ClFN2O/c14-9-2-1-7(18)5-8(9)13(20)19-12-10(15)3-6(17)4-11(12)16/h1-5H,18H2,(H,19,20). The van der Waals surface area contributed by atoms with E-state index in [1.165, 1.54) is 12.1 Å². The number of hydrogen-bond acceptors (Lipinski definition) is 2. The lowest BCUT2D eigenvalue weighted by molar-refractivity contribution is 0.102. The van der Waals surface area contributed by atoms with Gasteiger partial charge in [-0.05, 0) is 62.2 Å². The third-order valence-corrected chi connectivity index (χ3v) is 4.10. The summed E-state index contributed by atoms with van der Waals surface area (Å²) in [7, 11) is 0. The minimum Gasteiger partial charge on any atom is -0.399 e. The Balaban J connectivity index is 2.35. The van der Waals surface area contributed by atoms with E-state index in [1.807, 2.05) is 0 Å². The molecule has 0 aliphatic carbocycles. The average Bonchev–Trinajstić information content (AvgIpc) is 2.36. The second-order valence-corrected chi connectivity index (χ2v) is 6.05. The molecular weight excluding hydrogens is 414 g/mol. The van der Waals surface area contributed by atoms with Crippen LogP contribution in [0.1, 0.15) is 10.4 Å². The minimum atomic E-state index is -0.495. The zero-order chi connectivity index (χ0) is 14.9. The highest BCUT2D eigenvalue weighted by Crippen LogP contribution is 2.32. The third kappa shape index (κ3) is 3.31. The molecular formula is C13H8Br2ClFN2O. The van der Waals surface area contributed by atoms with Gasteiger partial charge in [-0.15, -0.1) is 0 Å². The van der Waals surface area contributed by atoms with Crippen LogP contribution in [0.2, 0.25) is 5.02 Å². The van der Waals surface area contributed by atoms with Crippen LogP contribution in [0.15, 0.2) is 39.3 Å². The fourth-order valence-electron chi connectivity index (χ4n) is 1.56. The first kappa shape index (κ1) is 15.3. The lowest BCUT2D eigenvalue weighted by Gasteiger charge is -2.11. The van der Waals surface area contributed by atoms with E-state index in [0.717, 1.165) is 6.07 Å². The van der Waals surface area contributed by atoms with Gasteiger partial charge in [0.15, 0.2) is 0 Å². The van der Waals surface area contributed by atoms with Crippen LogP contribution in [0.5, 0.6) is 0 Å². The number of halogens is 4. The van der Waals surface area contributed by atoms with E-state index in [1.54, 1.807) is 12.1 Å². The van der Waals surface area contributed by atoms with Crippen LogP contribution in [-0.4, -0.2) is 5.91 Å². The Bertz CT molecular complexity index is 671. The minimum absolute atomic E-state index is 0.102. The summed E-state index contributed by atoms with van der Waals surface area (Å²) < 4.78 is 14.1. The van der Waals surface area contributed by atoms with E-state index >= 15 is 0 Å². The molecule has 2 aromatic rings. The van der Waals surface area contributed by atoms with E-state index < -0.39 is 11.7 Å². The van der Waals surface area contributed by atoms with Crippen molar-refractivity contribution < 1.29 is 9.18 Å². The summed E-state index contributed by atoms with van der Waals surface area (Å²) in [5.41, 5.74) is 6.77. The Morgan fingerprint density at radius 2 is 1.90 bits per heavy atom. The van der Waals surface area contributed by atoms with Crippen molar-refractivity contribution in [3.05, 3.63) is 55.7 Å². The van der Waals surface area contributed by atoms with Crippen LogP contribution in [0, 0.1) is 5.82 Å². The normalized spacial score (nSPS) is 10.4. The van der Waals surface area contributed by atoms with Gasteiger partial charge in [0.05, 0.1) is 16.3 Å². The Hall–Kier alpha value is -1.11. The molecule has 1 amide bonds. The first-order valence-electron chi connectivity index (χ1n) is 5.39. The molecule has 0 heterocycles. The third-order valence-electron chi connectivity index (χ3n) is 2.48. The largest absolute Gasteiger partial charge is 0.399 e. The van der Waals surface area contributed by atoms with Gasteiger partial charge in [-0.1, -0.05) is 11.6 Å². The van der Waals surface area contributed by atoms with E-state index in [4.69, 9.17) is 17.3 Å². The molecule has 0 saturated heterocycles. The van der Waals surface area contributed by atoms with E-state index in [2.05, 4.69) is 37.2 Å². The van der Waals surface area contributed by atoms with E-state index in [9.17, 15) is 9.18 Å². The number of hydrogen-bond donors (Lipinski definition) is 2. The highest BCUT2D eigenvalue weighted by Gasteiger charge is 2.15. The molecule has 104 valence electrons. The summed E-state index contributed by atoms with van der Waals surface area (Å²) in [4.78, 5) is 12.2. The molecule has 7 heteroatoms. The maximum absolute atomic E-state index is 13.1. The predicted molar refractivity (Wildman–Crippen MR) is 85.6 cm³/mol. The first-order valence-corrected chi connectivity index (χ1v) is 7.36. The van der Waals surface area contributed by atoms with Crippen LogP contribution in [0.3, 0.4) is 0 Å². The van der Waals surface area contributed by atoms with Gasteiger partial charge >= 0.3 is 0 Å². The van der Waals surface area contributed by atoms with E-state index in [0.29, 0.717) is 25.9 Å². The van der Waals surface area contributed by atoms with Crippen molar-refractivity contribution in [1.29, 1.82) is 0 Å². The Kier molecular flexibility index (Phi) is 4.67. The average molecular weight is 422 g/mol. The smallest absolute Gasteiger partial charge is 0.256 e. The molecule has 3 nitrogen and oxygen atoms in total. The molecule has 3 N–H and O–H groups in total. The molecule has 0 unspecified atom stereocenters. The molecule has 20 heavy (non-hydrogen) atoms. The van der Waals surface area contributed by atoms with Gasteiger partial charge in [0.25, 0.3) is 5.91 Å². The lowest BCUT2D eigenvalue weighted by Crippen LogP contribution is -2.14. The molecule has 0 bridgehead atoms. The monoisotopic (exact) mass is 420 g/mol. The molecule has 0 radical (unpaired) electrons. The topological polar surface area (TPSA) is 55.1 Å². The van der Waals surface area contributed by atoms with Gasteiger partial charge in [-0.25, -0.2) is 4.39 Å². The number of benzene rings is 2.